The Morgan fingerprint density at radius 1 is 1.15 bits per heavy atom. The molecule has 0 saturated carbocycles. The van der Waals surface area contributed by atoms with Gasteiger partial charge in [-0.25, -0.2) is 0 Å². The van der Waals surface area contributed by atoms with E-state index in [1.165, 1.54) is 5.56 Å². The highest BCUT2D eigenvalue weighted by Crippen LogP contribution is 2.21. The number of rotatable bonds is 5. The van der Waals surface area contributed by atoms with Gasteiger partial charge in [0.15, 0.2) is 0 Å². The van der Waals surface area contributed by atoms with Gasteiger partial charge in [0.25, 0.3) is 0 Å². The van der Waals surface area contributed by atoms with Gasteiger partial charge in [-0.2, -0.15) is 0 Å². The van der Waals surface area contributed by atoms with Gasteiger partial charge in [0.1, 0.15) is 5.92 Å². The molecule has 0 aliphatic heterocycles. The fourth-order valence-electron chi connectivity index (χ4n) is 2.17. The minimum Gasteiger partial charge on any atom is -0.481 e. The van der Waals surface area contributed by atoms with Crippen molar-refractivity contribution in [3.8, 4) is 0 Å². The fraction of sp³-hybridized carbons (Fsp3) is 0.294. The van der Waals surface area contributed by atoms with E-state index in [4.69, 9.17) is 0 Å². The smallest absolute Gasteiger partial charge is 0.312 e. The lowest BCUT2D eigenvalue weighted by molar-refractivity contribution is -0.138. The Labute approximate surface area is 119 Å². The molecule has 1 aromatic heterocycles. The molecule has 1 heterocycles. The lowest BCUT2D eigenvalue weighted by atomic mass is 9.94. The molecular formula is C17H19NO2. The second-order valence-electron chi connectivity index (χ2n) is 5.25. The molecule has 0 aliphatic rings. The van der Waals surface area contributed by atoms with Crippen LogP contribution in [-0.4, -0.2) is 16.1 Å². The average Bonchev–Trinajstić information content (AvgIpc) is 2.46. The fourth-order valence-corrected chi connectivity index (χ4v) is 2.17. The van der Waals surface area contributed by atoms with Crippen LogP contribution in [-0.2, 0) is 11.2 Å². The molecule has 3 nitrogen and oxygen atoms in total. The highest BCUT2D eigenvalue weighted by atomic mass is 16.4. The molecule has 0 amide bonds. The maximum Gasteiger partial charge on any atom is 0.312 e. The summed E-state index contributed by atoms with van der Waals surface area (Å²) in [5.74, 6) is -0.951. The molecule has 0 bridgehead atoms. The Kier molecular flexibility index (Phi) is 4.51. The molecular weight excluding hydrogens is 250 g/mol. The standard InChI is InChI=1S/C17H19NO2/c1-12(2)14-8-6-13(7-9-14)11-15(17(19)20)16-5-3-4-10-18-16/h3-10,12,15H,11H2,1-2H3,(H,19,20). The summed E-state index contributed by atoms with van der Waals surface area (Å²) in [7, 11) is 0. The van der Waals surface area contributed by atoms with Crippen molar-refractivity contribution in [2.24, 2.45) is 0 Å². The molecule has 0 saturated heterocycles. The van der Waals surface area contributed by atoms with Crippen LogP contribution >= 0.6 is 0 Å². The van der Waals surface area contributed by atoms with Crippen molar-refractivity contribution in [2.45, 2.75) is 32.1 Å². The third-order valence-corrected chi connectivity index (χ3v) is 3.43. The number of aromatic nitrogens is 1. The summed E-state index contributed by atoms with van der Waals surface area (Å²) in [4.78, 5) is 15.6. The summed E-state index contributed by atoms with van der Waals surface area (Å²) in [5, 5.41) is 9.39. The van der Waals surface area contributed by atoms with Gasteiger partial charge < -0.3 is 5.11 Å². The van der Waals surface area contributed by atoms with Crippen molar-refractivity contribution in [3.05, 3.63) is 65.5 Å². The molecule has 0 spiro atoms. The van der Waals surface area contributed by atoms with Crippen molar-refractivity contribution in [2.75, 3.05) is 0 Å². The lowest BCUT2D eigenvalue weighted by Gasteiger charge is -2.13. The van der Waals surface area contributed by atoms with Gasteiger partial charge >= 0.3 is 5.97 Å². The monoisotopic (exact) mass is 269 g/mol. The number of carboxylic acid groups (broad SMARTS) is 1. The summed E-state index contributed by atoms with van der Waals surface area (Å²) in [6.45, 7) is 4.28. The Bertz CT molecular complexity index is 561. The van der Waals surface area contributed by atoms with Crippen LogP contribution in [0.3, 0.4) is 0 Å². The van der Waals surface area contributed by atoms with E-state index in [-0.39, 0.29) is 0 Å². The first-order valence-corrected chi connectivity index (χ1v) is 6.80. The number of carbonyl (C=O) groups is 1. The van der Waals surface area contributed by atoms with E-state index in [1.54, 1.807) is 18.3 Å². The Morgan fingerprint density at radius 2 is 1.85 bits per heavy atom. The summed E-state index contributed by atoms with van der Waals surface area (Å²) in [6, 6.07) is 13.5. The molecule has 0 fully saturated rings. The van der Waals surface area contributed by atoms with Crippen LogP contribution in [0.5, 0.6) is 0 Å². The molecule has 2 rings (SSSR count). The quantitative estimate of drug-likeness (QED) is 0.902. The molecule has 1 unspecified atom stereocenters. The number of aliphatic carboxylic acids is 1. The maximum atomic E-state index is 11.4. The number of nitrogens with zero attached hydrogens (tertiary/aromatic N) is 1. The zero-order valence-corrected chi connectivity index (χ0v) is 11.8. The van der Waals surface area contributed by atoms with E-state index in [2.05, 4.69) is 31.0 Å². The molecule has 0 aliphatic carbocycles. The predicted octanol–water partition coefficient (Wildman–Crippen LogP) is 3.62. The van der Waals surface area contributed by atoms with Crippen LogP contribution in [0.4, 0.5) is 0 Å². The zero-order chi connectivity index (χ0) is 14.5. The first-order chi connectivity index (χ1) is 9.58. The van der Waals surface area contributed by atoms with Crippen molar-refractivity contribution in [3.63, 3.8) is 0 Å². The van der Waals surface area contributed by atoms with Crippen LogP contribution in [0.2, 0.25) is 0 Å². The number of carboxylic acids is 1. The summed E-state index contributed by atoms with van der Waals surface area (Å²) in [5.41, 5.74) is 2.89. The van der Waals surface area contributed by atoms with Gasteiger partial charge in [-0.05, 0) is 35.6 Å². The van der Waals surface area contributed by atoms with Crippen LogP contribution < -0.4 is 0 Å². The van der Waals surface area contributed by atoms with Gasteiger partial charge in [-0.15, -0.1) is 0 Å². The highest BCUT2D eigenvalue weighted by molar-refractivity contribution is 5.75. The maximum absolute atomic E-state index is 11.4. The first-order valence-electron chi connectivity index (χ1n) is 6.80. The number of hydrogen-bond donors (Lipinski definition) is 1. The van der Waals surface area contributed by atoms with E-state index in [0.29, 0.717) is 18.0 Å². The SMILES string of the molecule is CC(C)c1ccc(CC(C(=O)O)c2ccccn2)cc1. The molecule has 3 heteroatoms. The largest absolute Gasteiger partial charge is 0.481 e. The molecule has 20 heavy (non-hydrogen) atoms. The van der Waals surface area contributed by atoms with E-state index in [0.717, 1.165) is 5.56 Å². The number of pyridine rings is 1. The average molecular weight is 269 g/mol. The highest BCUT2D eigenvalue weighted by Gasteiger charge is 2.21. The van der Waals surface area contributed by atoms with Gasteiger partial charge in [-0.1, -0.05) is 44.2 Å². The molecule has 1 N–H and O–H groups in total. The third-order valence-electron chi connectivity index (χ3n) is 3.43. The Hall–Kier alpha value is -2.16. The van der Waals surface area contributed by atoms with Crippen LogP contribution in [0.25, 0.3) is 0 Å². The topological polar surface area (TPSA) is 50.2 Å². The van der Waals surface area contributed by atoms with E-state index >= 15 is 0 Å². The van der Waals surface area contributed by atoms with E-state index in [9.17, 15) is 9.90 Å². The van der Waals surface area contributed by atoms with Crippen molar-refractivity contribution in [1.29, 1.82) is 0 Å². The van der Waals surface area contributed by atoms with Crippen LogP contribution in [0, 0.1) is 0 Å². The van der Waals surface area contributed by atoms with Gasteiger partial charge in [-0.3, -0.25) is 9.78 Å². The first kappa shape index (κ1) is 14.3. The van der Waals surface area contributed by atoms with E-state index in [1.807, 2.05) is 18.2 Å². The molecule has 0 radical (unpaired) electrons. The minimum atomic E-state index is -0.836. The second kappa shape index (κ2) is 6.33. The minimum absolute atomic E-state index is 0.463. The van der Waals surface area contributed by atoms with Crippen molar-refractivity contribution >= 4 is 5.97 Å². The van der Waals surface area contributed by atoms with Gasteiger partial charge in [0.2, 0.25) is 0 Å². The second-order valence-corrected chi connectivity index (χ2v) is 5.25. The van der Waals surface area contributed by atoms with E-state index < -0.39 is 11.9 Å². The van der Waals surface area contributed by atoms with Crippen LogP contribution in [0.1, 0.15) is 42.5 Å². The molecule has 1 aromatic carbocycles. The van der Waals surface area contributed by atoms with Gasteiger partial charge in [0, 0.05) is 6.20 Å². The normalized spacial score (nSPS) is 12.3. The predicted molar refractivity (Wildman–Crippen MR) is 78.8 cm³/mol. The van der Waals surface area contributed by atoms with Gasteiger partial charge in [0.05, 0.1) is 5.69 Å². The Balaban J connectivity index is 2.19. The van der Waals surface area contributed by atoms with Crippen molar-refractivity contribution < 1.29 is 9.90 Å². The summed E-state index contributed by atoms with van der Waals surface area (Å²) < 4.78 is 0. The summed E-state index contributed by atoms with van der Waals surface area (Å²) >= 11 is 0. The van der Waals surface area contributed by atoms with Crippen LogP contribution in [0.15, 0.2) is 48.7 Å². The third kappa shape index (κ3) is 3.44. The molecule has 104 valence electrons. The summed E-state index contributed by atoms with van der Waals surface area (Å²) in [6.07, 6.45) is 2.10. The molecule has 2 aromatic rings. The number of hydrogen-bond acceptors (Lipinski definition) is 2. The Morgan fingerprint density at radius 3 is 2.35 bits per heavy atom. The molecule has 1 atom stereocenters. The number of benzene rings is 1. The van der Waals surface area contributed by atoms with Crippen molar-refractivity contribution in [1.82, 2.24) is 4.98 Å². The lowest BCUT2D eigenvalue weighted by Crippen LogP contribution is -2.15. The zero-order valence-electron chi connectivity index (χ0n) is 11.8.